The summed E-state index contributed by atoms with van der Waals surface area (Å²) in [4.78, 5) is 5.69. The van der Waals surface area contributed by atoms with E-state index in [4.69, 9.17) is 4.42 Å². The van der Waals surface area contributed by atoms with Crippen molar-refractivity contribution >= 4 is 22.3 Å². The second kappa shape index (κ2) is 5.28. The fourth-order valence-corrected chi connectivity index (χ4v) is 4.15. The number of rotatable bonds is 3. The lowest BCUT2D eigenvalue weighted by Crippen LogP contribution is -2.26. The van der Waals surface area contributed by atoms with Gasteiger partial charge in [-0.3, -0.25) is 4.98 Å². The molecule has 3 aromatic heterocycles. The third-order valence-electron chi connectivity index (χ3n) is 4.27. The van der Waals surface area contributed by atoms with Crippen LogP contribution in [0.4, 0.5) is 0 Å². The number of aryl methyl sites for hydroxylation is 1. The lowest BCUT2D eigenvalue weighted by molar-refractivity contribution is 0.377. The molecular weight excluding hydrogens is 280 g/mol. The first-order valence-electron chi connectivity index (χ1n) is 7.47. The van der Waals surface area contributed by atoms with E-state index in [1.54, 1.807) is 11.1 Å². The van der Waals surface area contributed by atoms with Crippen LogP contribution >= 0.6 is 11.3 Å². The van der Waals surface area contributed by atoms with Crippen LogP contribution in [0.25, 0.3) is 11.0 Å². The van der Waals surface area contributed by atoms with Crippen LogP contribution in [0.1, 0.15) is 48.0 Å². The van der Waals surface area contributed by atoms with Crippen molar-refractivity contribution in [2.75, 3.05) is 0 Å². The van der Waals surface area contributed by atoms with Gasteiger partial charge in [-0.25, -0.2) is 0 Å². The Morgan fingerprint density at radius 2 is 2.38 bits per heavy atom. The van der Waals surface area contributed by atoms with Gasteiger partial charge in [-0.15, -0.1) is 11.3 Å². The van der Waals surface area contributed by atoms with Gasteiger partial charge in [0.25, 0.3) is 0 Å². The molecule has 2 atom stereocenters. The SMILES string of the molecule is CC(NC1CCCc2sccc21)c1cc2cnccc2o1. The monoisotopic (exact) mass is 298 g/mol. The van der Waals surface area contributed by atoms with E-state index in [0.717, 1.165) is 16.7 Å². The van der Waals surface area contributed by atoms with Crippen molar-refractivity contribution in [3.63, 3.8) is 0 Å². The Kier molecular flexibility index (Phi) is 3.28. The molecule has 1 aliphatic rings. The van der Waals surface area contributed by atoms with Crippen molar-refractivity contribution in [3.8, 4) is 0 Å². The van der Waals surface area contributed by atoms with E-state index in [-0.39, 0.29) is 6.04 Å². The zero-order chi connectivity index (χ0) is 14.2. The molecule has 0 spiro atoms. The molecule has 3 nitrogen and oxygen atoms in total. The molecule has 4 rings (SSSR count). The first-order chi connectivity index (χ1) is 10.3. The number of aromatic nitrogens is 1. The number of pyridine rings is 1. The zero-order valence-electron chi connectivity index (χ0n) is 12.0. The van der Waals surface area contributed by atoms with Crippen LogP contribution in [0.3, 0.4) is 0 Å². The zero-order valence-corrected chi connectivity index (χ0v) is 12.8. The lowest BCUT2D eigenvalue weighted by atomic mass is 9.93. The Labute approximate surface area is 128 Å². The van der Waals surface area contributed by atoms with Crippen LogP contribution in [0.15, 0.2) is 40.4 Å². The van der Waals surface area contributed by atoms with Crippen LogP contribution in [0.2, 0.25) is 0 Å². The summed E-state index contributed by atoms with van der Waals surface area (Å²) in [7, 11) is 0. The smallest absolute Gasteiger partial charge is 0.137 e. The molecule has 108 valence electrons. The second-order valence-corrected chi connectivity index (χ2v) is 6.70. The van der Waals surface area contributed by atoms with E-state index in [0.29, 0.717) is 6.04 Å². The van der Waals surface area contributed by atoms with Gasteiger partial charge in [0.15, 0.2) is 0 Å². The van der Waals surface area contributed by atoms with Crippen molar-refractivity contribution in [3.05, 3.63) is 52.2 Å². The van der Waals surface area contributed by atoms with Gasteiger partial charge in [-0.1, -0.05) is 0 Å². The number of furan rings is 1. The van der Waals surface area contributed by atoms with Crippen LogP contribution in [0, 0.1) is 0 Å². The molecule has 0 aromatic carbocycles. The first kappa shape index (κ1) is 13.0. The van der Waals surface area contributed by atoms with E-state index < -0.39 is 0 Å². The Hall–Kier alpha value is -1.65. The summed E-state index contributed by atoms with van der Waals surface area (Å²) < 4.78 is 5.94. The highest BCUT2D eigenvalue weighted by molar-refractivity contribution is 7.10. The Morgan fingerprint density at radius 1 is 1.43 bits per heavy atom. The lowest BCUT2D eigenvalue weighted by Gasteiger charge is -2.26. The van der Waals surface area contributed by atoms with Crippen molar-refractivity contribution in [2.45, 2.75) is 38.3 Å². The summed E-state index contributed by atoms with van der Waals surface area (Å²) in [5, 5.41) is 7.01. The number of nitrogens with zero attached hydrogens (tertiary/aromatic N) is 1. The highest BCUT2D eigenvalue weighted by Crippen LogP contribution is 2.35. The average Bonchev–Trinajstić information content (AvgIpc) is 3.14. The maximum atomic E-state index is 5.94. The van der Waals surface area contributed by atoms with E-state index in [9.17, 15) is 0 Å². The number of thiophene rings is 1. The Bertz CT molecular complexity index is 728. The van der Waals surface area contributed by atoms with Gasteiger partial charge in [-0.2, -0.15) is 0 Å². The van der Waals surface area contributed by atoms with Crippen LogP contribution in [-0.2, 0) is 6.42 Å². The predicted molar refractivity (Wildman–Crippen MR) is 85.6 cm³/mol. The molecule has 0 bridgehead atoms. The molecule has 1 N–H and O–H groups in total. The highest BCUT2D eigenvalue weighted by Gasteiger charge is 2.23. The van der Waals surface area contributed by atoms with E-state index in [2.05, 4.69) is 34.7 Å². The molecular formula is C17H18N2OS. The molecule has 2 unspecified atom stereocenters. The molecule has 3 heterocycles. The fraction of sp³-hybridized carbons (Fsp3) is 0.353. The van der Waals surface area contributed by atoms with Crippen molar-refractivity contribution in [1.29, 1.82) is 0 Å². The summed E-state index contributed by atoms with van der Waals surface area (Å²) >= 11 is 1.88. The van der Waals surface area contributed by atoms with Gasteiger partial charge >= 0.3 is 0 Å². The summed E-state index contributed by atoms with van der Waals surface area (Å²) in [5.41, 5.74) is 2.39. The van der Waals surface area contributed by atoms with E-state index in [1.165, 1.54) is 24.8 Å². The fourth-order valence-electron chi connectivity index (χ4n) is 3.16. The third kappa shape index (κ3) is 2.39. The van der Waals surface area contributed by atoms with Crippen LogP contribution < -0.4 is 5.32 Å². The molecule has 0 aliphatic heterocycles. The number of hydrogen-bond donors (Lipinski definition) is 1. The number of hydrogen-bond acceptors (Lipinski definition) is 4. The Balaban J connectivity index is 1.57. The normalized spacial score (nSPS) is 19.6. The molecule has 4 heteroatoms. The van der Waals surface area contributed by atoms with Gasteiger partial charge in [0.1, 0.15) is 11.3 Å². The molecule has 3 aromatic rings. The van der Waals surface area contributed by atoms with E-state index >= 15 is 0 Å². The standard InChI is InChI=1S/C17H18N2OS/c1-11(16-9-12-10-18-7-5-15(12)20-16)19-14-3-2-4-17-13(14)6-8-21-17/h5-11,14,19H,2-4H2,1H3. The summed E-state index contributed by atoms with van der Waals surface area (Å²) in [6.07, 6.45) is 7.33. The summed E-state index contributed by atoms with van der Waals surface area (Å²) in [6, 6.07) is 6.93. The molecule has 1 aliphatic carbocycles. The molecule has 21 heavy (non-hydrogen) atoms. The molecule has 0 saturated carbocycles. The van der Waals surface area contributed by atoms with Crippen molar-refractivity contribution < 1.29 is 4.42 Å². The number of nitrogens with one attached hydrogen (secondary N) is 1. The summed E-state index contributed by atoms with van der Waals surface area (Å²) in [6.45, 7) is 2.17. The van der Waals surface area contributed by atoms with Crippen LogP contribution in [0.5, 0.6) is 0 Å². The summed E-state index contributed by atoms with van der Waals surface area (Å²) in [5.74, 6) is 0.986. The van der Waals surface area contributed by atoms with Gasteiger partial charge < -0.3 is 9.73 Å². The van der Waals surface area contributed by atoms with Gasteiger partial charge in [-0.05, 0) is 55.3 Å². The quantitative estimate of drug-likeness (QED) is 0.767. The van der Waals surface area contributed by atoms with Gasteiger partial charge in [0, 0.05) is 28.7 Å². The van der Waals surface area contributed by atoms with Crippen molar-refractivity contribution in [2.24, 2.45) is 0 Å². The van der Waals surface area contributed by atoms with Gasteiger partial charge in [0.2, 0.25) is 0 Å². The minimum atomic E-state index is 0.202. The highest BCUT2D eigenvalue weighted by atomic mass is 32.1. The minimum absolute atomic E-state index is 0.202. The predicted octanol–water partition coefficient (Wildman–Crippen LogP) is 4.62. The molecule has 0 amide bonds. The second-order valence-electron chi connectivity index (χ2n) is 5.69. The van der Waals surface area contributed by atoms with E-state index in [1.807, 2.05) is 23.6 Å². The topological polar surface area (TPSA) is 38.1 Å². The Morgan fingerprint density at radius 3 is 3.29 bits per heavy atom. The molecule has 0 radical (unpaired) electrons. The van der Waals surface area contributed by atoms with Crippen LogP contribution in [-0.4, -0.2) is 4.98 Å². The van der Waals surface area contributed by atoms with Crippen molar-refractivity contribution in [1.82, 2.24) is 10.3 Å². The maximum Gasteiger partial charge on any atom is 0.137 e. The largest absolute Gasteiger partial charge is 0.459 e. The third-order valence-corrected chi connectivity index (χ3v) is 5.26. The average molecular weight is 298 g/mol. The minimum Gasteiger partial charge on any atom is -0.459 e. The molecule has 0 saturated heterocycles. The van der Waals surface area contributed by atoms with Gasteiger partial charge in [0.05, 0.1) is 6.04 Å². The number of fused-ring (bicyclic) bond motifs is 2. The molecule has 0 fully saturated rings. The maximum absolute atomic E-state index is 5.94. The first-order valence-corrected chi connectivity index (χ1v) is 8.35.